The SMILES string of the molecule is CC(C)c1noc(N2C3CCC2CN(c2ncnc(Oc4ccc(S(C)(=O)=O)cc4F)c2F)C3)n1. The van der Waals surface area contributed by atoms with E-state index in [1.54, 1.807) is 0 Å². The Morgan fingerprint density at radius 1 is 1.14 bits per heavy atom. The van der Waals surface area contributed by atoms with Crippen molar-refractivity contribution in [1.29, 1.82) is 0 Å². The predicted molar refractivity (Wildman–Crippen MR) is 121 cm³/mol. The number of anilines is 2. The lowest BCUT2D eigenvalue weighted by Gasteiger charge is -2.40. The molecule has 4 heterocycles. The van der Waals surface area contributed by atoms with E-state index in [2.05, 4.69) is 25.0 Å². The van der Waals surface area contributed by atoms with Crippen molar-refractivity contribution in [2.75, 3.05) is 29.1 Å². The van der Waals surface area contributed by atoms with Crippen LogP contribution in [0.15, 0.2) is 33.9 Å². The summed E-state index contributed by atoms with van der Waals surface area (Å²) in [4.78, 5) is 16.1. The lowest BCUT2D eigenvalue weighted by molar-refractivity contribution is 0.378. The van der Waals surface area contributed by atoms with E-state index in [9.17, 15) is 12.8 Å². The van der Waals surface area contributed by atoms with E-state index in [0.29, 0.717) is 24.9 Å². The molecule has 35 heavy (non-hydrogen) atoms. The van der Waals surface area contributed by atoms with Crippen molar-refractivity contribution in [2.24, 2.45) is 0 Å². The van der Waals surface area contributed by atoms with Crippen LogP contribution in [0.25, 0.3) is 0 Å². The quantitative estimate of drug-likeness (QED) is 0.493. The van der Waals surface area contributed by atoms with Crippen LogP contribution in [0.4, 0.5) is 20.6 Å². The zero-order valence-corrected chi connectivity index (χ0v) is 20.2. The molecule has 2 aliphatic heterocycles. The van der Waals surface area contributed by atoms with Crippen LogP contribution in [0.5, 0.6) is 11.6 Å². The van der Waals surface area contributed by atoms with E-state index < -0.39 is 27.4 Å². The molecule has 10 nitrogen and oxygen atoms in total. The van der Waals surface area contributed by atoms with E-state index in [4.69, 9.17) is 9.26 Å². The summed E-state index contributed by atoms with van der Waals surface area (Å²) in [5, 5.41) is 4.05. The standard InChI is InChI=1S/C22H24F2N6O4S/c1-12(2)19-27-22(34-28-19)30-13-4-5-14(30)10-29(9-13)20-18(24)21(26-11-25-20)33-17-7-6-15(8-16(17)23)35(3,31)32/h6-8,11-14H,4-5,9-10H2,1-3H3. The second-order valence-electron chi connectivity index (χ2n) is 9.07. The van der Waals surface area contributed by atoms with Crippen molar-refractivity contribution < 1.29 is 26.5 Å². The highest BCUT2D eigenvalue weighted by Crippen LogP contribution is 2.37. The Labute approximate surface area is 200 Å². The first-order chi connectivity index (χ1) is 16.6. The number of rotatable bonds is 6. The van der Waals surface area contributed by atoms with Crippen LogP contribution in [0.1, 0.15) is 38.4 Å². The molecule has 2 bridgehead atoms. The van der Waals surface area contributed by atoms with Crippen LogP contribution >= 0.6 is 0 Å². The fourth-order valence-corrected chi connectivity index (χ4v) is 5.12. The molecule has 0 radical (unpaired) electrons. The lowest BCUT2D eigenvalue weighted by Crippen LogP contribution is -2.54. The fraction of sp³-hybridized carbons (Fsp3) is 0.455. The minimum Gasteiger partial charge on any atom is -0.433 e. The number of aromatic nitrogens is 4. The molecule has 0 saturated carbocycles. The summed E-state index contributed by atoms with van der Waals surface area (Å²) in [6.07, 6.45) is 3.88. The van der Waals surface area contributed by atoms with Gasteiger partial charge in [0.25, 0.3) is 5.88 Å². The maximum Gasteiger partial charge on any atom is 0.324 e. The molecule has 2 saturated heterocycles. The molecule has 0 spiro atoms. The Balaban J connectivity index is 1.36. The Kier molecular flexibility index (Phi) is 5.82. The molecule has 2 fully saturated rings. The summed E-state index contributed by atoms with van der Waals surface area (Å²) in [6.45, 7) is 4.93. The average Bonchev–Trinajstić information content (AvgIpc) is 3.38. The second kappa shape index (κ2) is 8.70. The van der Waals surface area contributed by atoms with E-state index in [-0.39, 0.29) is 34.5 Å². The molecule has 13 heteroatoms. The molecular weight excluding hydrogens is 482 g/mol. The molecule has 0 N–H and O–H groups in total. The van der Waals surface area contributed by atoms with E-state index in [0.717, 1.165) is 37.6 Å². The topological polar surface area (TPSA) is 115 Å². The van der Waals surface area contributed by atoms with Gasteiger partial charge in [0.2, 0.25) is 5.82 Å². The molecule has 2 unspecified atom stereocenters. The van der Waals surface area contributed by atoms with Gasteiger partial charge in [0.1, 0.15) is 6.33 Å². The van der Waals surface area contributed by atoms with Gasteiger partial charge >= 0.3 is 6.01 Å². The van der Waals surface area contributed by atoms with Gasteiger partial charge in [0.05, 0.1) is 17.0 Å². The van der Waals surface area contributed by atoms with Gasteiger partial charge in [-0.15, -0.1) is 0 Å². The Morgan fingerprint density at radius 3 is 2.46 bits per heavy atom. The molecule has 2 aliphatic rings. The van der Waals surface area contributed by atoms with Crippen molar-refractivity contribution in [2.45, 2.75) is 49.6 Å². The third-order valence-corrected chi connectivity index (χ3v) is 7.34. The second-order valence-corrected chi connectivity index (χ2v) is 11.1. The maximum absolute atomic E-state index is 15.4. The van der Waals surface area contributed by atoms with Crippen LogP contribution in [0.3, 0.4) is 0 Å². The van der Waals surface area contributed by atoms with Crippen molar-refractivity contribution in [3.05, 3.63) is 42.0 Å². The van der Waals surface area contributed by atoms with Crippen LogP contribution in [0, 0.1) is 11.6 Å². The van der Waals surface area contributed by atoms with Gasteiger partial charge in [-0.05, 0) is 31.0 Å². The summed E-state index contributed by atoms with van der Waals surface area (Å²) in [7, 11) is -3.60. The number of piperazine rings is 1. The van der Waals surface area contributed by atoms with Crippen LogP contribution in [-0.4, -0.2) is 60.0 Å². The van der Waals surface area contributed by atoms with Crippen molar-refractivity contribution in [1.82, 2.24) is 20.1 Å². The van der Waals surface area contributed by atoms with Gasteiger partial charge in [0.15, 0.2) is 33.0 Å². The maximum atomic E-state index is 15.4. The number of sulfone groups is 1. The normalized spacial score (nSPS) is 20.1. The summed E-state index contributed by atoms with van der Waals surface area (Å²) < 4.78 is 63.9. The number of ether oxygens (including phenoxy) is 1. The monoisotopic (exact) mass is 506 g/mol. The lowest BCUT2D eigenvalue weighted by atomic mass is 10.2. The molecule has 0 aliphatic carbocycles. The Morgan fingerprint density at radius 2 is 1.86 bits per heavy atom. The van der Waals surface area contributed by atoms with Crippen LogP contribution < -0.4 is 14.5 Å². The number of hydrogen-bond acceptors (Lipinski definition) is 10. The van der Waals surface area contributed by atoms with Crippen LogP contribution in [0.2, 0.25) is 0 Å². The number of hydrogen-bond donors (Lipinski definition) is 0. The largest absolute Gasteiger partial charge is 0.433 e. The van der Waals surface area contributed by atoms with E-state index in [1.807, 2.05) is 18.7 Å². The fourth-order valence-electron chi connectivity index (χ4n) is 4.49. The Hall–Kier alpha value is -3.35. The predicted octanol–water partition coefficient (Wildman–Crippen LogP) is 3.31. The van der Waals surface area contributed by atoms with Crippen LogP contribution in [-0.2, 0) is 9.84 Å². The number of halogens is 2. The summed E-state index contributed by atoms with van der Waals surface area (Å²) in [6, 6.07) is 3.68. The third kappa shape index (κ3) is 4.40. The molecular formula is C22H24F2N6O4S. The van der Waals surface area contributed by atoms with Gasteiger partial charge in [-0.3, -0.25) is 0 Å². The Bertz CT molecular complexity index is 1350. The minimum absolute atomic E-state index is 0.0360. The smallest absolute Gasteiger partial charge is 0.324 e. The highest BCUT2D eigenvalue weighted by Gasteiger charge is 2.43. The zero-order chi connectivity index (χ0) is 24.9. The summed E-state index contributed by atoms with van der Waals surface area (Å²) in [5.41, 5.74) is 0. The molecule has 2 aromatic heterocycles. The number of nitrogens with zero attached hydrogens (tertiary/aromatic N) is 6. The molecule has 0 amide bonds. The van der Waals surface area contributed by atoms with Crippen molar-refractivity contribution in [3.63, 3.8) is 0 Å². The third-order valence-electron chi connectivity index (χ3n) is 6.23. The van der Waals surface area contributed by atoms with Gasteiger partial charge in [-0.1, -0.05) is 19.0 Å². The van der Waals surface area contributed by atoms with Gasteiger partial charge in [-0.2, -0.15) is 14.4 Å². The van der Waals surface area contributed by atoms with Gasteiger partial charge in [0, 0.05) is 25.3 Å². The number of fused-ring (bicyclic) bond motifs is 2. The van der Waals surface area contributed by atoms with E-state index >= 15 is 4.39 Å². The molecule has 186 valence electrons. The summed E-state index contributed by atoms with van der Waals surface area (Å²) in [5.74, 6) is -1.73. The molecule has 1 aromatic carbocycles. The number of benzene rings is 1. The first-order valence-electron chi connectivity index (χ1n) is 11.2. The van der Waals surface area contributed by atoms with Gasteiger partial charge < -0.3 is 19.1 Å². The first-order valence-corrected chi connectivity index (χ1v) is 13.1. The van der Waals surface area contributed by atoms with Crippen molar-refractivity contribution >= 4 is 21.7 Å². The van der Waals surface area contributed by atoms with Gasteiger partial charge in [-0.25, -0.2) is 17.8 Å². The van der Waals surface area contributed by atoms with E-state index in [1.165, 1.54) is 6.07 Å². The highest BCUT2D eigenvalue weighted by atomic mass is 32.2. The minimum atomic E-state index is -3.60. The molecule has 2 atom stereocenters. The zero-order valence-electron chi connectivity index (χ0n) is 19.4. The molecule has 3 aromatic rings. The first kappa shape index (κ1) is 23.4. The van der Waals surface area contributed by atoms with Crippen molar-refractivity contribution in [3.8, 4) is 11.6 Å². The molecule has 5 rings (SSSR count). The highest BCUT2D eigenvalue weighted by molar-refractivity contribution is 7.90. The summed E-state index contributed by atoms with van der Waals surface area (Å²) >= 11 is 0. The average molecular weight is 507 g/mol.